The SMILES string of the molecule is Cc1cccc(C(F)CC2(N)CC2)c1. The molecule has 1 unspecified atom stereocenters. The van der Waals surface area contributed by atoms with Crippen molar-refractivity contribution < 1.29 is 4.39 Å². The Morgan fingerprint density at radius 3 is 2.79 bits per heavy atom. The van der Waals surface area contributed by atoms with E-state index < -0.39 is 6.17 Å². The first-order valence-corrected chi connectivity index (χ1v) is 5.09. The van der Waals surface area contributed by atoms with Gasteiger partial charge in [0.2, 0.25) is 0 Å². The number of halogens is 1. The molecule has 0 spiro atoms. The minimum absolute atomic E-state index is 0.205. The fourth-order valence-electron chi connectivity index (χ4n) is 1.70. The van der Waals surface area contributed by atoms with Crippen molar-refractivity contribution in [3.63, 3.8) is 0 Å². The van der Waals surface area contributed by atoms with Crippen LogP contribution in [0.15, 0.2) is 24.3 Å². The zero-order valence-corrected chi connectivity index (χ0v) is 8.46. The lowest BCUT2D eigenvalue weighted by molar-refractivity contribution is 0.295. The van der Waals surface area contributed by atoms with E-state index in [1.807, 2.05) is 31.2 Å². The van der Waals surface area contributed by atoms with Gasteiger partial charge in [-0.2, -0.15) is 0 Å². The Balaban J connectivity index is 2.06. The molecule has 14 heavy (non-hydrogen) atoms. The van der Waals surface area contributed by atoms with Crippen molar-refractivity contribution in [2.45, 2.75) is 37.9 Å². The second-order valence-electron chi connectivity index (χ2n) is 4.45. The highest BCUT2D eigenvalue weighted by Crippen LogP contribution is 2.41. The minimum atomic E-state index is -0.901. The highest BCUT2D eigenvalue weighted by Gasteiger charge is 2.40. The van der Waals surface area contributed by atoms with Crippen molar-refractivity contribution in [3.05, 3.63) is 35.4 Å². The molecule has 1 aliphatic carbocycles. The molecule has 2 N–H and O–H groups in total. The van der Waals surface area contributed by atoms with Crippen LogP contribution >= 0.6 is 0 Å². The normalized spacial score (nSPS) is 20.5. The molecule has 0 aliphatic heterocycles. The predicted octanol–water partition coefficient (Wildman–Crippen LogP) is 2.89. The predicted molar refractivity (Wildman–Crippen MR) is 55.8 cm³/mol. The van der Waals surface area contributed by atoms with E-state index in [0.29, 0.717) is 6.42 Å². The maximum absolute atomic E-state index is 13.8. The van der Waals surface area contributed by atoms with E-state index in [1.165, 1.54) is 0 Å². The lowest BCUT2D eigenvalue weighted by Gasteiger charge is -2.13. The van der Waals surface area contributed by atoms with Gasteiger partial charge in [-0.15, -0.1) is 0 Å². The van der Waals surface area contributed by atoms with Gasteiger partial charge < -0.3 is 5.73 Å². The Morgan fingerprint density at radius 1 is 1.50 bits per heavy atom. The van der Waals surface area contributed by atoms with E-state index in [1.54, 1.807) is 0 Å². The molecule has 1 atom stereocenters. The lowest BCUT2D eigenvalue weighted by Crippen LogP contribution is -2.23. The van der Waals surface area contributed by atoms with Crippen molar-refractivity contribution in [2.75, 3.05) is 0 Å². The topological polar surface area (TPSA) is 26.0 Å². The second kappa shape index (κ2) is 3.35. The average molecular weight is 193 g/mol. The summed E-state index contributed by atoms with van der Waals surface area (Å²) in [5.41, 5.74) is 7.55. The van der Waals surface area contributed by atoms with Crippen LogP contribution in [0.25, 0.3) is 0 Å². The van der Waals surface area contributed by atoms with Gasteiger partial charge in [0.05, 0.1) is 0 Å². The molecule has 2 heteroatoms. The molecule has 1 aromatic carbocycles. The van der Waals surface area contributed by atoms with Gasteiger partial charge in [0, 0.05) is 12.0 Å². The van der Waals surface area contributed by atoms with Gasteiger partial charge in [0.1, 0.15) is 6.17 Å². The first-order valence-electron chi connectivity index (χ1n) is 5.09. The Morgan fingerprint density at radius 2 is 2.21 bits per heavy atom. The monoisotopic (exact) mass is 193 g/mol. The van der Waals surface area contributed by atoms with Crippen LogP contribution in [0.2, 0.25) is 0 Å². The summed E-state index contributed by atoms with van der Waals surface area (Å²) < 4.78 is 13.8. The molecule has 1 fully saturated rings. The number of rotatable bonds is 3. The zero-order chi connectivity index (χ0) is 10.2. The van der Waals surface area contributed by atoms with Gasteiger partial charge in [0.25, 0.3) is 0 Å². The maximum Gasteiger partial charge on any atom is 0.127 e. The third-order valence-corrected chi connectivity index (χ3v) is 2.88. The van der Waals surface area contributed by atoms with Crippen LogP contribution in [0.4, 0.5) is 4.39 Å². The fourth-order valence-corrected chi connectivity index (χ4v) is 1.70. The van der Waals surface area contributed by atoms with Crippen molar-refractivity contribution in [3.8, 4) is 0 Å². The minimum Gasteiger partial charge on any atom is -0.325 e. The Bertz CT molecular complexity index is 331. The molecule has 0 bridgehead atoms. The van der Waals surface area contributed by atoms with E-state index in [0.717, 1.165) is 24.0 Å². The molecule has 2 rings (SSSR count). The quantitative estimate of drug-likeness (QED) is 0.784. The van der Waals surface area contributed by atoms with Gasteiger partial charge in [0.15, 0.2) is 0 Å². The van der Waals surface area contributed by atoms with Gasteiger partial charge in [-0.3, -0.25) is 0 Å². The second-order valence-corrected chi connectivity index (χ2v) is 4.45. The molecule has 1 aliphatic rings. The highest BCUT2D eigenvalue weighted by atomic mass is 19.1. The Labute approximate surface area is 84.1 Å². The van der Waals surface area contributed by atoms with Crippen molar-refractivity contribution in [2.24, 2.45) is 5.73 Å². The molecule has 0 heterocycles. The van der Waals surface area contributed by atoms with E-state index >= 15 is 0 Å². The molecule has 0 saturated heterocycles. The Kier molecular flexibility index (Phi) is 2.31. The molecular weight excluding hydrogens is 177 g/mol. The van der Waals surface area contributed by atoms with Crippen LogP contribution in [0.5, 0.6) is 0 Å². The summed E-state index contributed by atoms with van der Waals surface area (Å²) in [7, 11) is 0. The maximum atomic E-state index is 13.8. The number of alkyl halides is 1. The average Bonchev–Trinajstić information content (AvgIpc) is 2.83. The van der Waals surface area contributed by atoms with Crippen LogP contribution in [0.3, 0.4) is 0 Å². The van der Waals surface area contributed by atoms with Crippen LogP contribution in [0.1, 0.15) is 36.6 Å². The van der Waals surface area contributed by atoms with Crippen LogP contribution < -0.4 is 5.73 Å². The summed E-state index contributed by atoms with van der Waals surface area (Å²) in [5.74, 6) is 0. The first-order chi connectivity index (χ1) is 6.59. The number of nitrogens with two attached hydrogens (primary N) is 1. The number of benzene rings is 1. The third-order valence-electron chi connectivity index (χ3n) is 2.88. The Hall–Kier alpha value is -0.890. The van der Waals surface area contributed by atoms with Crippen molar-refractivity contribution in [1.29, 1.82) is 0 Å². The van der Waals surface area contributed by atoms with E-state index in [-0.39, 0.29) is 5.54 Å². The standard InChI is InChI=1S/C12H16FN/c1-9-3-2-4-10(7-9)11(13)8-12(14)5-6-12/h2-4,7,11H,5-6,8,14H2,1H3. The molecule has 0 radical (unpaired) electrons. The molecule has 0 aromatic heterocycles. The molecule has 0 amide bonds. The first kappa shape index (κ1) is 9.66. The van der Waals surface area contributed by atoms with Gasteiger partial charge in [-0.25, -0.2) is 4.39 Å². The van der Waals surface area contributed by atoms with E-state index in [4.69, 9.17) is 5.73 Å². The summed E-state index contributed by atoms with van der Waals surface area (Å²) in [5, 5.41) is 0. The van der Waals surface area contributed by atoms with Crippen molar-refractivity contribution >= 4 is 0 Å². The summed E-state index contributed by atoms with van der Waals surface area (Å²) in [6, 6.07) is 7.61. The van der Waals surface area contributed by atoms with E-state index in [2.05, 4.69) is 0 Å². The largest absolute Gasteiger partial charge is 0.325 e. The molecular formula is C12H16FN. The van der Waals surface area contributed by atoms with Crippen LogP contribution in [-0.4, -0.2) is 5.54 Å². The summed E-state index contributed by atoms with van der Waals surface area (Å²) >= 11 is 0. The van der Waals surface area contributed by atoms with Gasteiger partial charge in [-0.1, -0.05) is 29.8 Å². The van der Waals surface area contributed by atoms with Crippen LogP contribution in [0, 0.1) is 6.92 Å². The number of hydrogen-bond donors (Lipinski definition) is 1. The van der Waals surface area contributed by atoms with E-state index in [9.17, 15) is 4.39 Å². The van der Waals surface area contributed by atoms with Gasteiger partial charge in [-0.05, 0) is 25.3 Å². The summed E-state index contributed by atoms with van der Waals surface area (Å²) in [6.07, 6.45) is 1.51. The molecule has 1 nitrogen and oxygen atoms in total. The zero-order valence-electron chi connectivity index (χ0n) is 8.46. The summed E-state index contributed by atoms with van der Waals surface area (Å²) in [4.78, 5) is 0. The number of aryl methyl sites for hydroxylation is 1. The molecule has 76 valence electrons. The number of hydrogen-bond acceptors (Lipinski definition) is 1. The third kappa shape index (κ3) is 2.13. The highest BCUT2D eigenvalue weighted by molar-refractivity contribution is 5.25. The fraction of sp³-hybridized carbons (Fsp3) is 0.500. The lowest BCUT2D eigenvalue weighted by atomic mass is 10.0. The molecule has 1 saturated carbocycles. The summed E-state index contributed by atoms with van der Waals surface area (Å²) in [6.45, 7) is 1.98. The van der Waals surface area contributed by atoms with Gasteiger partial charge >= 0.3 is 0 Å². The van der Waals surface area contributed by atoms with Crippen LogP contribution in [-0.2, 0) is 0 Å². The smallest absolute Gasteiger partial charge is 0.127 e. The van der Waals surface area contributed by atoms with Crippen molar-refractivity contribution in [1.82, 2.24) is 0 Å². The molecule has 1 aromatic rings.